The van der Waals surface area contributed by atoms with Crippen molar-refractivity contribution in [1.29, 1.82) is 0 Å². The summed E-state index contributed by atoms with van der Waals surface area (Å²) < 4.78 is 5.11. The average molecular weight is 226 g/mol. The van der Waals surface area contributed by atoms with E-state index in [2.05, 4.69) is 6.92 Å². The molecule has 0 spiro atoms. The number of hydrogen-bond acceptors (Lipinski definition) is 2. The van der Waals surface area contributed by atoms with Crippen LogP contribution in [-0.2, 0) is 0 Å². The van der Waals surface area contributed by atoms with E-state index in [1.54, 1.807) is 7.11 Å². The van der Waals surface area contributed by atoms with Gasteiger partial charge in [-0.2, -0.15) is 0 Å². The molecule has 1 aromatic rings. The second kappa shape index (κ2) is 3.69. The first-order valence-corrected chi connectivity index (χ1v) is 5.54. The highest BCUT2D eigenvalue weighted by Crippen LogP contribution is 2.54. The van der Waals surface area contributed by atoms with Crippen LogP contribution in [0.15, 0.2) is 18.2 Å². The van der Waals surface area contributed by atoms with Gasteiger partial charge in [0, 0.05) is 11.1 Å². The Hall–Kier alpha value is -0.730. The van der Waals surface area contributed by atoms with E-state index in [4.69, 9.17) is 22.1 Å². The van der Waals surface area contributed by atoms with Crippen molar-refractivity contribution in [3.8, 4) is 5.75 Å². The third-order valence-electron chi connectivity index (χ3n) is 3.33. The van der Waals surface area contributed by atoms with Crippen molar-refractivity contribution in [2.75, 3.05) is 7.11 Å². The molecular weight excluding hydrogens is 210 g/mol. The number of methoxy groups -OCH3 is 1. The van der Waals surface area contributed by atoms with Gasteiger partial charge in [-0.05, 0) is 36.0 Å². The summed E-state index contributed by atoms with van der Waals surface area (Å²) in [6.45, 7) is 2.21. The van der Waals surface area contributed by atoms with Crippen molar-refractivity contribution in [2.24, 2.45) is 11.1 Å². The fourth-order valence-electron chi connectivity index (χ4n) is 1.77. The molecule has 3 heteroatoms. The molecule has 0 radical (unpaired) electrons. The van der Waals surface area contributed by atoms with Gasteiger partial charge >= 0.3 is 0 Å². The first kappa shape index (κ1) is 10.8. The quantitative estimate of drug-likeness (QED) is 0.858. The summed E-state index contributed by atoms with van der Waals surface area (Å²) in [5.41, 5.74) is 7.48. The van der Waals surface area contributed by atoms with Gasteiger partial charge in [-0.3, -0.25) is 0 Å². The number of nitrogens with two attached hydrogens (primary N) is 1. The summed E-state index contributed by atoms with van der Waals surface area (Å²) in [5.74, 6) is 0.775. The lowest BCUT2D eigenvalue weighted by Gasteiger charge is -2.20. The average Bonchev–Trinajstić information content (AvgIpc) is 2.96. The van der Waals surface area contributed by atoms with Gasteiger partial charge in [0.25, 0.3) is 0 Å². The number of ether oxygens (including phenoxy) is 1. The van der Waals surface area contributed by atoms with E-state index in [0.29, 0.717) is 5.02 Å². The van der Waals surface area contributed by atoms with E-state index in [1.165, 1.54) is 12.8 Å². The van der Waals surface area contributed by atoms with Crippen molar-refractivity contribution in [3.63, 3.8) is 0 Å². The molecule has 0 heterocycles. The van der Waals surface area contributed by atoms with Gasteiger partial charge in [0.15, 0.2) is 0 Å². The van der Waals surface area contributed by atoms with E-state index in [9.17, 15) is 0 Å². The maximum absolute atomic E-state index is 6.20. The normalized spacial score (nSPS) is 19.7. The van der Waals surface area contributed by atoms with Crippen molar-refractivity contribution < 1.29 is 4.74 Å². The Balaban J connectivity index is 2.28. The molecule has 0 amide bonds. The van der Waals surface area contributed by atoms with Crippen LogP contribution in [0.4, 0.5) is 0 Å². The Morgan fingerprint density at radius 2 is 2.13 bits per heavy atom. The highest BCUT2D eigenvalue weighted by atomic mass is 35.5. The third-order valence-corrected chi connectivity index (χ3v) is 3.66. The Morgan fingerprint density at radius 3 is 2.60 bits per heavy atom. The smallest absolute Gasteiger partial charge is 0.120 e. The summed E-state index contributed by atoms with van der Waals surface area (Å²) in [6, 6.07) is 5.74. The number of hydrogen-bond donors (Lipinski definition) is 1. The van der Waals surface area contributed by atoms with Crippen LogP contribution in [0.5, 0.6) is 5.75 Å². The third kappa shape index (κ3) is 1.97. The van der Waals surface area contributed by atoms with Crippen molar-refractivity contribution in [1.82, 2.24) is 0 Å². The molecule has 1 aromatic carbocycles. The van der Waals surface area contributed by atoms with Crippen LogP contribution in [-0.4, -0.2) is 7.11 Å². The zero-order chi connectivity index (χ0) is 11.1. The van der Waals surface area contributed by atoms with Crippen LogP contribution in [0, 0.1) is 5.41 Å². The molecule has 1 atom stereocenters. The molecule has 2 rings (SSSR count). The Morgan fingerprint density at radius 1 is 1.47 bits per heavy atom. The minimum Gasteiger partial charge on any atom is -0.497 e. The second-order valence-corrected chi connectivity index (χ2v) is 4.93. The van der Waals surface area contributed by atoms with Gasteiger partial charge in [-0.15, -0.1) is 0 Å². The molecule has 1 fully saturated rings. The van der Waals surface area contributed by atoms with Crippen LogP contribution >= 0.6 is 11.6 Å². The van der Waals surface area contributed by atoms with Crippen LogP contribution in [0.1, 0.15) is 31.4 Å². The summed E-state index contributed by atoms with van der Waals surface area (Å²) in [4.78, 5) is 0. The molecule has 82 valence electrons. The van der Waals surface area contributed by atoms with Gasteiger partial charge < -0.3 is 10.5 Å². The van der Waals surface area contributed by atoms with Crippen molar-refractivity contribution >= 4 is 11.6 Å². The van der Waals surface area contributed by atoms with Gasteiger partial charge in [0.1, 0.15) is 5.75 Å². The molecule has 2 nitrogen and oxygen atoms in total. The fraction of sp³-hybridized carbons (Fsp3) is 0.500. The molecule has 1 unspecified atom stereocenters. The molecule has 1 aliphatic carbocycles. The minimum atomic E-state index is 0.0379. The van der Waals surface area contributed by atoms with Crippen LogP contribution in [0.3, 0.4) is 0 Å². The lowest BCUT2D eigenvalue weighted by atomic mass is 9.92. The molecule has 0 bridgehead atoms. The standard InChI is InChI=1S/C12H16ClNO/c1-12(5-6-12)11(14)9-4-3-8(15-2)7-10(9)13/h3-4,7,11H,5-6,14H2,1-2H3. The summed E-state index contributed by atoms with van der Waals surface area (Å²) >= 11 is 6.18. The molecular formula is C12H16ClNO. The van der Waals surface area contributed by atoms with E-state index < -0.39 is 0 Å². The number of rotatable bonds is 3. The summed E-state index contributed by atoms with van der Waals surface area (Å²) in [5, 5.41) is 0.704. The predicted molar refractivity (Wildman–Crippen MR) is 62.3 cm³/mol. The second-order valence-electron chi connectivity index (χ2n) is 4.52. The summed E-state index contributed by atoms with van der Waals surface area (Å²) in [6.07, 6.45) is 2.38. The van der Waals surface area contributed by atoms with Crippen LogP contribution < -0.4 is 10.5 Å². The lowest BCUT2D eigenvalue weighted by Crippen LogP contribution is -2.20. The number of benzene rings is 1. The molecule has 1 saturated carbocycles. The minimum absolute atomic E-state index is 0.0379. The maximum Gasteiger partial charge on any atom is 0.120 e. The molecule has 15 heavy (non-hydrogen) atoms. The van der Waals surface area contributed by atoms with E-state index >= 15 is 0 Å². The van der Waals surface area contributed by atoms with Gasteiger partial charge in [-0.25, -0.2) is 0 Å². The predicted octanol–water partition coefficient (Wildman–Crippen LogP) is 3.15. The van der Waals surface area contributed by atoms with Crippen molar-refractivity contribution in [2.45, 2.75) is 25.8 Å². The number of halogens is 1. The topological polar surface area (TPSA) is 35.2 Å². The van der Waals surface area contributed by atoms with Crippen LogP contribution in [0.25, 0.3) is 0 Å². The Labute approximate surface area is 95.4 Å². The fourth-order valence-corrected chi connectivity index (χ4v) is 2.06. The molecule has 0 aromatic heterocycles. The monoisotopic (exact) mass is 225 g/mol. The molecule has 1 aliphatic rings. The summed E-state index contributed by atoms with van der Waals surface area (Å²) in [7, 11) is 1.63. The van der Waals surface area contributed by atoms with E-state index in [1.807, 2.05) is 18.2 Å². The first-order valence-electron chi connectivity index (χ1n) is 5.16. The molecule has 0 aliphatic heterocycles. The van der Waals surface area contributed by atoms with E-state index in [0.717, 1.165) is 11.3 Å². The Bertz CT molecular complexity index is 374. The SMILES string of the molecule is COc1ccc(C(N)C2(C)CC2)c(Cl)c1. The highest BCUT2D eigenvalue weighted by Gasteiger charge is 2.44. The Kier molecular flexibility index (Phi) is 2.65. The molecule has 2 N–H and O–H groups in total. The van der Waals surface area contributed by atoms with Gasteiger partial charge in [0.2, 0.25) is 0 Å². The highest BCUT2D eigenvalue weighted by molar-refractivity contribution is 6.31. The molecule has 0 saturated heterocycles. The lowest BCUT2D eigenvalue weighted by molar-refractivity contribution is 0.413. The maximum atomic E-state index is 6.20. The first-order chi connectivity index (χ1) is 7.07. The van der Waals surface area contributed by atoms with Crippen LogP contribution in [0.2, 0.25) is 5.02 Å². The zero-order valence-corrected chi connectivity index (χ0v) is 9.84. The largest absolute Gasteiger partial charge is 0.497 e. The van der Waals surface area contributed by atoms with E-state index in [-0.39, 0.29) is 11.5 Å². The zero-order valence-electron chi connectivity index (χ0n) is 9.09. The van der Waals surface area contributed by atoms with Gasteiger partial charge in [0.05, 0.1) is 7.11 Å². The van der Waals surface area contributed by atoms with Crippen molar-refractivity contribution in [3.05, 3.63) is 28.8 Å². The van der Waals surface area contributed by atoms with Gasteiger partial charge in [-0.1, -0.05) is 24.6 Å².